The third-order valence-electron chi connectivity index (χ3n) is 3.92. The highest BCUT2D eigenvalue weighted by atomic mass is 35.5. The molecule has 0 aliphatic carbocycles. The first-order valence-corrected chi connectivity index (χ1v) is 9.77. The molecular formula is C17H18ClN3O3S. The molecule has 3 aromatic rings. The molecule has 132 valence electrons. The molecule has 0 atom stereocenters. The summed E-state index contributed by atoms with van der Waals surface area (Å²) in [4.78, 5) is 16.5. The maximum atomic E-state index is 12.3. The van der Waals surface area contributed by atoms with Gasteiger partial charge in [-0.1, -0.05) is 29.8 Å². The molecule has 3 rings (SSSR count). The standard InChI is InChI=1S/C17H18ClN3O3S/c18-14-7-2-1-5-12(14)6-3-4-10-19-25(23,24)13-8-9-15-16(11-13)21-17(22)20-15/h1-2,5,7-9,11,19H,3-4,6,10H2,(H2,20,21,22). The highest BCUT2D eigenvalue weighted by Crippen LogP contribution is 2.17. The number of aromatic nitrogens is 2. The highest BCUT2D eigenvalue weighted by Gasteiger charge is 2.14. The third-order valence-corrected chi connectivity index (χ3v) is 5.75. The first kappa shape index (κ1) is 17.7. The van der Waals surface area contributed by atoms with Crippen molar-refractivity contribution >= 4 is 32.7 Å². The van der Waals surface area contributed by atoms with Gasteiger partial charge in [0.1, 0.15) is 0 Å². The fourth-order valence-electron chi connectivity index (χ4n) is 2.61. The second-order valence-electron chi connectivity index (χ2n) is 5.73. The molecule has 0 aliphatic heterocycles. The van der Waals surface area contributed by atoms with Gasteiger partial charge >= 0.3 is 5.69 Å². The molecule has 3 N–H and O–H groups in total. The van der Waals surface area contributed by atoms with Gasteiger partial charge in [0.15, 0.2) is 0 Å². The van der Waals surface area contributed by atoms with E-state index >= 15 is 0 Å². The fraction of sp³-hybridized carbons (Fsp3) is 0.235. The van der Waals surface area contributed by atoms with Gasteiger partial charge in [-0.15, -0.1) is 0 Å². The number of unbranched alkanes of at least 4 members (excludes halogenated alkanes) is 1. The molecule has 0 aliphatic rings. The molecule has 0 fully saturated rings. The molecule has 0 radical (unpaired) electrons. The second-order valence-corrected chi connectivity index (χ2v) is 7.91. The van der Waals surface area contributed by atoms with E-state index in [1.54, 1.807) is 6.07 Å². The van der Waals surface area contributed by atoms with Crippen LogP contribution >= 0.6 is 11.6 Å². The lowest BCUT2D eigenvalue weighted by atomic mass is 10.1. The van der Waals surface area contributed by atoms with E-state index < -0.39 is 10.0 Å². The minimum absolute atomic E-state index is 0.126. The zero-order chi connectivity index (χ0) is 17.9. The van der Waals surface area contributed by atoms with Crippen LogP contribution in [-0.2, 0) is 16.4 Å². The summed E-state index contributed by atoms with van der Waals surface area (Å²) in [5.74, 6) is 0. The minimum atomic E-state index is -3.61. The Labute approximate surface area is 150 Å². The van der Waals surface area contributed by atoms with Gasteiger partial charge < -0.3 is 9.97 Å². The summed E-state index contributed by atoms with van der Waals surface area (Å²) in [6, 6.07) is 12.1. The van der Waals surface area contributed by atoms with E-state index in [9.17, 15) is 13.2 Å². The van der Waals surface area contributed by atoms with Crippen LogP contribution in [0.2, 0.25) is 5.02 Å². The summed E-state index contributed by atoms with van der Waals surface area (Å²) in [6.07, 6.45) is 2.34. The lowest BCUT2D eigenvalue weighted by Crippen LogP contribution is -2.24. The Kier molecular flexibility index (Phi) is 5.27. The van der Waals surface area contributed by atoms with Crippen LogP contribution in [0.4, 0.5) is 0 Å². The topological polar surface area (TPSA) is 94.8 Å². The molecule has 25 heavy (non-hydrogen) atoms. The van der Waals surface area contributed by atoms with Crippen molar-refractivity contribution in [2.24, 2.45) is 0 Å². The van der Waals surface area contributed by atoms with E-state index in [4.69, 9.17) is 11.6 Å². The molecule has 8 heteroatoms. The van der Waals surface area contributed by atoms with Crippen molar-refractivity contribution in [3.63, 3.8) is 0 Å². The Morgan fingerprint density at radius 2 is 1.76 bits per heavy atom. The van der Waals surface area contributed by atoms with E-state index in [0.29, 0.717) is 24.0 Å². The van der Waals surface area contributed by atoms with Crippen molar-refractivity contribution in [2.75, 3.05) is 6.54 Å². The maximum Gasteiger partial charge on any atom is 0.323 e. The average molecular weight is 380 g/mol. The van der Waals surface area contributed by atoms with Crippen molar-refractivity contribution in [2.45, 2.75) is 24.2 Å². The largest absolute Gasteiger partial charge is 0.323 e. The van der Waals surface area contributed by atoms with Gasteiger partial charge in [0.2, 0.25) is 10.0 Å². The normalized spacial score (nSPS) is 11.9. The summed E-state index contributed by atoms with van der Waals surface area (Å²) in [6.45, 7) is 0.342. The average Bonchev–Trinajstić information content (AvgIpc) is 2.95. The number of fused-ring (bicyclic) bond motifs is 1. The lowest BCUT2D eigenvalue weighted by molar-refractivity contribution is 0.577. The molecule has 0 spiro atoms. The number of hydrogen-bond acceptors (Lipinski definition) is 3. The third kappa shape index (κ3) is 4.31. The SMILES string of the molecule is O=c1[nH]c2ccc(S(=O)(=O)NCCCCc3ccccc3Cl)cc2[nH]1. The lowest BCUT2D eigenvalue weighted by Gasteiger charge is -2.07. The summed E-state index contributed by atoms with van der Waals surface area (Å²) in [5.41, 5.74) is 1.74. The summed E-state index contributed by atoms with van der Waals surface area (Å²) < 4.78 is 27.3. The van der Waals surface area contributed by atoms with Crippen molar-refractivity contribution in [1.82, 2.24) is 14.7 Å². The van der Waals surface area contributed by atoms with Crippen LogP contribution < -0.4 is 10.4 Å². The number of hydrogen-bond donors (Lipinski definition) is 3. The van der Waals surface area contributed by atoms with Crippen LogP contribution in [0.3, 0.4) is 0 Å². The quantitative estimate of drug-likeness (QED) is 0.551. The first-order chi connectivity index (χ1) is 12.0. The molecule has 6 nitrogen and oxygen atoms in total. The number of imidazole rings is 1. The van der Waals surface area contributed by atoms with Gasteiger partial charge in [0.25, 0.3) is 0 Å². The highest BCUT2D eigenvalue weighted by molar-refractivity contribution is 7.89. The fourth-order valence-corrected chi connectivity index (χ4v) is 3.94. The number of nitrogens with one attached hydrogen (secondary N) is 3. The van der Waals surface area contributed by atoms with E-state index in [1.165, 1.54) is 12.1 Å². The molecule has 0 bridgehead atoms. The Morgan fingerprint density at radius 3 is 2.56 bits per heavy atom. The van der Waals surface area contributed by atoms with Gasteiger partial charge in [-0.3, -0.25) is 0 Å². The van der Waals surface area contributed by atoms with E-state index in [2.05, 4.69) is 14.7 Å². The zero-order valence-corrected chi connectivity index (χ0v) is 15.0. The molecule has 0 saturated carbocycles. The van der Waals surface area contributed by atoms with E-state index in [-0.39, 0.29) is 10.6 Å². The second kappa shape index (κ2) is 7.43. The monoisotopic (exact) mass is 379 g/mol. The molecule has 0 amide bonds. The van der Waals surface area contributed by atoms with Crippen molar-refractivity contribution in [3.05, 3.63) is 63.5 Å². The zero-order valence-electron chi connectivity index (χ0n) is 13.4. The predicted molar refractivity (Wildman–Crippen MR) is 98.5 cm³/mol. The number of aryl methyl sites for hydroxylation is 1. The number of H-pyrrole nitrogens is 2. The molecule has 0 unspecified atom stereocenters. The van der Waals surface area contributed by atoms with Crippen LogP contribution in [0.15, 0.2) is 52.2 Å². The number of benzene rings is 2. The van der Waals surface area contributed by atoms with Gasteiger partial charge in [-0.25, -0.2) is 17.9 Å². The van der Waals surface area contributed by atoms with E-state index in [1.807, 2.05) is 24.3 Å². The minimum Gasteiger partial charge on any atom is -0.306 e. The van der Waals surface area contributed by atoms with Crippen molar-refractivity contribution in [3.8, 4) is 0 Å². The molecule has 1 heterocycles. The van der Waals surface area contributed by atoms with Crippen LogP contribution in [0.5, 0.6) is 0 Å². The summed E-state index contributed by atoms with van der Waals surface area (Å²) in [5, 5.41) is 0.733. The molecular weight excluding hydrogens is 362 g/mol. The molecule has 1 aromatic heterocycles. The number of rotatable bonds is 7. The van der Waals surface area contributed by atoms with Crippen molar-refractivity contribution < 1.29 is 8.42 Å². The predicted octanol–water partition coefficient (Wildman–Crippen LogP) is 2.81. The van der Waals surface area contributed by atoms with Gasteiger partial charge in [0, 0.05) is 11.6 Å². The summed E-state index contributed by atoms with van der Waals surface area (Å²) >= 11 is 6.10. The Bertz CT molecular complexity index is 1040. The van der Waals surface area contributed by atoms with Crippen LogP contribution in [0.1, 0.15) is 18.4 Å². The molecule has 2 aromatic carbocycles. The van der Waals surface area contributed by atoms with E-state index in [0.717, 1.165) is 23.4 Å². The van der Waals surface area contributed by atoms with Gasteiger partial charge in [0.05, 0.1) is 15.9 Å². The Balaban J connectivity index is 1.56. The van der Waals surface area contributed by atoms with Crippen molar-refractivity contribution in [1.29, 1.82) is 0 Å². The first-order valence-electron chi connectivity index (χ1n) is 7.91. The maximum absolute atomic E-state index is 12.3. The van der Waals surface area contributed by atoms with Crippen LogP contribution in [0, 0.1) is 0 Å². The number of halogens is 1. The Hall–Kier alpha value is -2.09. The molecule has 0 saturated heterocycles. The number of aromatic amines is 2. The summed E-state index contributed by atoms with van der Waals surface area (Å²) in [7, 11) is -3.61. The van der Waals surface area contributed by atoms with Crippen LogP contribution in [-0.4, -0.2) is 24.9 Å². The number of sulfonamides is 1. The van der Waals surface area contributed by atoms with Gasteiger partial charge in [-0.05, 0) is 49.1 Å². The smallest absolute Gasteiger partial charge is 0.306 e. The Morgan fingerprint density at radius 1 is 1.00 bits per heavy atom. The van der Waals surface area contributed by atoms with Crippen LogP contribution in [0.25, 0.3) is 11.0 Å². The van der Waals surface area contributed by atoms with Gasteiger partial charge in [-0.2, -0.15) is 0 Å².